The van der Waals surface area contributed by atoms with Crippen molar-refractivity contribution in [1.29, 1.82) is 0 Å². The Morgan fingerprint density at radius 3 is 2.48 bits per heavy atom. The molecule has 0 fully saturated rings. The molecule has 0 saturated heterocycles. The molecule has 5 nitrogen and oxygen atoms in total. The fourth-order valence-corrected chi connectivity index (χ4v) is 4.28. The van der Waals surface area contributed by atoms with Crippen molar-refractivity contribution in [2.45, 2.75) is 34.2 Å². The number of aromatic nitrogens is 1. The lowest BCUT2D eigenvalue weighted by molar-refractivity contribution is 0.429. The highest BCUT2D eigenvalue weighted by Crippen LogP contribution is 2.40. The maximum absolute atomic E-state index is 11.1. The van der Waals surface area contributed by atoms with Crippen LogP contribution in [0.5, 0.6) is 5.88 Å². The largest absolute Gasteiger partial charge is 0.493 e. The second-order valence-electron chi connectivity index (χ2n) is 8.28. The molecule has 3 aromatic carbocycles. The summed E-state index contributed by atoms with van der Waals surface area (Å²) in [6, 6.07) is 18.2. The van der Waals surface area contributed by atoms with Gasteiger partial charge < -0.3 is 15.0 Å². The molecule has 0 unspecified atom stereocenters. The molecule has 2 N–H and O–H groups in total. The number of anilines is 1. The van der Waals surface area contributed by atoms with Crippen LogP contribution in [0.25, 0.3) is 10.9 Å². The zero-order chi connectivity index (χ0) is 23.7. The second kappa shape index (κ2) is 9.45. The van der Waals surface area contributed by atoms with Crippen molar-refractivity contribution in [2.75, 3.05) is 5.32 Å². The maximum atomic E-state index is 11.1. The fourth-order valence-electron chi connectivity index (χ4n) is 3.76. The van der Waals surface area contributed by atoms with Gasteiger partial charge in [-0.25, -0.2) is 0 Å². The molecular formula is C26H25BrN4OS. The smallest absolute Gasteiger partial charge is 0.221 e. The first kappa shape index (κ1) is 23.1. The van der Waals surface area contributed by atoms with E-state index in [-0.39, 0.29) is 11.0 Å². The first-order valence-electron chi connectivity index (χ1n) is 10.6. The molecule has 0 aliphatic rings. The van der Waals surface area contributed by atoms with Gasteiger partial charge in [-0.1, -0.05) is 45.8 Å². The van der Waals surface area contributed by atoms with Gasteiger partial charge in [-0.15, -0.1) is 10.2 Å². The van der Waals surface area contributed by atoms with Gasteiger partial charge >= 0.3 is 0 Å². The monoisotopic (exact) mass is 520 g/mol. The quantitative estimate of drug-likeness (QED) is 0.212. The number of aryl methyl sites for hydroxylation is 4. The van der Waals surface area contributed by atoms with E-state index < -0.39 is 0 Å². The molecule has 1 aromatic heterocycles. The Kier molecular flexibility index (Phi) is 6.63. The number of thiocarbonyl (C=S) groups is 1. The van der Waals surface area contributed by atoms with E-state index in [9.17, 15) is 5.11 Å². The van der Waals surface area contributed by atoms with Gasteiger partial charge in [-0.2, -0.15) is 0 Å². The Hall–Kier alpha value is -3.03. The predicted octanol–water partition coefficient (Wildman–Crippen LogP) is 7.87. The molecular weight excluding hydrogens is 496 g/mol. The van der Waals surface area contributed by atoms with Crippen molar-refractivity contribution >= 4 is 55.5 Å². The van der Waals surface area contributed by atoms with Crippen LogP contribution in [0.2, 0.25) is 0 Å². The molecule has 0 bridgehead atoms. The van der Waals surface area contributed by atoms with Crippen LogP contribution in [0.1, 0.15) is 27.8 Å². The van der Waals surface area contributed by atoms with Crippen molar-refractivity contribution in [2.24, 2.45) is 10.2 Å². The van der Waals surface area contributed by atoms with Gasteiger partial charge in [0.2, 0.25) is 11.0 Å². The lowest BCUT2D eigenvalue weighted by Gasteiger charge is -2.11. The van der Waals surface area contributed by atoms with E-state index in [2.05, 4.69) is 70.4 Å². The lowest BCUT2D eigenvalue weighted by atomic mass is 10.1. The number of azo groups is 1. The molecule has 0 radical (unpaired) electrons. The van der Waals surface area contributed by atoms with Crippen molar-refractivity contribution in [1.82, 2.24) is 4.57 Å². The van der Waals surface area contributed by atoms with E-state index in [1.54, 1.807) is 0 Å². The van der Waals surface area contributed by atoms with Gasteiger partial charge in [0.25, 0.3) is 0 Å². The van der Waals surface area contributed by atoms with Crippen LogP contribution < -0.4 is 5.32 Å². The number of fused-ring (bicyclic) bond motifs is 1. The highest BCUT2D eigenvalue weighted by molar-refractivity contribution is 9.10. The summed E-state index contributed by atoms with van der Waals surface area (Å²) in [5, 5.41) is 23.8. The van der Waals surface area contributed by atoms with Gasteiger partial charge in [0.15, 0.2) is 5.69 Å². The Balaban J connectivity index is 1.69. The molecule has 168 valence electrons. The summed E-state index contributed by atoms with van der Waals surface area (Å²) in [7, 11) is 0. The van der Waals surface area contributed by atoms with E-state index in [0.717, 1.165) is 32.2 Å². The van der Waals surface area contributed by atoms with Crippen molar-refractivity contribution in [3.8, 4) is 5.88 Å². The number of rotatable bonds is 4. The molecule has 0 aliphatic heterocycles. The number of hydrogen-bond donors (Lipinski definition) is 2. The number of hydrogen-bond acceptors (Lipinski definition) is 3. The molecule has 0 aliphatic carbocycles. The molecule has 4 aromatic rings. The molecule has 0 amide bonds. The van der Waals surface area contributed by atoms with Crippen LogP contribution in [0.15, 0.2) is 69.3 Å². The average Bonchev–Trinajstić information content (AvgIpc) is 3.02. The Bertz CT molecular complexity index is 1410. The zero-order valence-corrected chi connectivity index (χ0v) is 21.4. The summed E-state index contributed by atoms with van der Waals surface area (Å²) in [5.74, 6) is 0.0572. The molecule has 0 saturated carbocycles. The van der Waals surface area contributed by atoms with Crippen LogP contribution in [0.4, 0.5) is 11.4 Å². The minimum absolute atomic E-state index is 0.0572. The summed E-state index contributed by atoms with van der Waals surface area (Å²) in [5.41, 5.74) is 7.97. The Labute approximate surface area is 207 Å². The number of benzene rings is 3. The van der Waals surface area contributed by atoms with E-state index >= 15 is 0 Å². The van der Waals surface area contributed by atoms with Gasteiger partial charge in [0, 0.05) is 15.5 Å². The Morgan fingerprint density at radius 2 is 1.73 bits per heavy atom. The Morgan fingerprint density at radius 1 is 0.970 bits per heavy atom. The van der Waals surface area contributed by atoms with Crippen LogP contribution in [0.3, 0.4) is 0 Å². The summed E-state index contributed by atoms with van der Waals surface area (Å²) in [4.78, 5) is 0. The number of aromatic hydroxyl groups is 1. The van der Waals surface area contributed by atoms with Crippen molar-refractivity contribution < 1.29 is 5.11 Å². The summed E-state index contributed by atoms with van der Waals surface area (Å²) < 4.78 is 2.75. The average molecular weight is 521 g/mol. The summed E-state index contributed by atoms with van der Waals surface area (Å²) >= 11 is 8.90. The number of nitrogens with one attached hydrogen (secondary N) is 1. The SMILES string of the molecule is Cc1ccc(C)c(Cn2c(O)c(N=NC(=S)Nc3ccc(C)c(C)c3)c3cc(Br)ccc32)c1. The van der Waals surface area contributed by atoms with Crippen LogP contribution >= 0.6 is 28.1 Å². The van der Waals surface area contributed by atoms with Crippen molar-refractivity contribution in [3.05, 3.63) is 86.9 Å². The molecule has 0 atom stereocenters. The molecule has 4 rings (SSSR count). The van der Waals surface area contributed by atoms with E-state index in [1.165, 1.54) is 16.7 Å². The normalized spacial score (nSPS) is 11.4. The molecule has 7 heteroatoms. The minimum atomic E-state index is 0.0572. The topological polar surface area (TPSA) is 61.9 Å². The number of halogens is 1. The van der Waals surface area contributed by atoms with Crippen LogP contribution in [-0.4, -0.2) is 14.8 Å². The molecule has 0 spiro atoms. The molecule has 1 heterocycles. The first-order valence-corrected chi connectivity index (χ1v) is 11.8. The van der Waals surface area contributed by atoms with Gasteiger partial charge in [0.1, 0.15) is 0 Å². The summed E-state index contributed by atoms with van der Waals surface area (Å²) in [6.45, 7) is 8.78. The van der Waals surface area contributed by atoms with Gasteiger partial charge in [-0.05, 0) is 92.5 Å². The van der Waals surface area contributed by atoms with E-state index in [1.807, 2.05) is 47.9 Å². The second-order valence-corrected chi connectivity index (χ2v) is 9.58. The number of nitrogens with zero attached hydrogens (tertiary/aromatic N) is 3. The third kappa shape index (κ3) is 4.99. The van der Waals surface area contributed by atoms with Crippen molar-refractivity contribution in [3.63, 3.8) is 0 Å². The van der Waals surface area contributed by atoms with Crippen LogP contribution in [-0.2, 0) is 6.54 Å². The first-order chi connectivity index (χ1) is 15.7. The fraction of sp³-hybridized carbons (Fsp3) is 0.192. The standard InChI is InChI=1S/C26H25BrN4OS/c1-15-5-6-17(3)19(11-15)14-31-23-10-8-20(27)13-22(23)24(25(31)32)29-30-26(33)28-21-9-7-16(2)18(4)12-21/h5-13,32H,14H2,1-4H3,(H,28,33). The van der Waals surface area contributed by atoms with E-state index in [4.69, 9.17) is 12.2 Å². The summed E-state index contributed by atoms with van der Waals surface area (Å²) in [6.07, 6.45) is 0. The zero-order valence-electron chi connectivity index (χ0n) is 19.0. The van der Waals surface area contributed by atoms with Gasteiger partial charge in [0.05, 0.1) is 12.1 Å². The van der Waals surface area contributed by atoms with Gasteiger partial charge in [-0.3, -0.25) is 0 Å². The lowest BCUT2D eigenvalue weighted by Crippen LogP contribution is -2.05. The maximum Gasteiger partial charge on any atom is 0.221 e. The highest BCUT2D eigenvalue weighted by Gasteiger charge is 2.18. The third-order valence-electron chi connectivity index (χ3n) is 5.80. The minimum Gasteiger partial charge on any atom is -0.493 e. The highest BCUT2D eigenvalue weighted by atomic mass is 79.9. The van der Waals surface area contributed by atoms with E-state index in [0.29, 0.717) is 12.2 Å². The molecule has 33 heavy (non-hydrogen) atoms. The van der Waals surface area contributed by atoms with Crippen LogP contribution in [0, 0.1) is 27.7 Å². The third-order valence-corrected chi connectivity index (χ3v) is 6.48. The predicted molar refractivity (Wildman–Crippen MR) is 143 cm³/mol.